The molecule has 0 radical (unpaired) electrons. The molecule has 0 saturated carbocycles. The zero-order valence-electron chi connectivity index (χ0n) is 11.2. The lowest BCUT2D eigenvalue weighted by molar-refractivity contribution is 0.339. The second-order valence-corrected chi connectivity index (χ2v) is 6.10. The highest BCUT2D eigenvalue weighted by Gasteiger charge is 2.13. The summed E-state index contributed by atoms with van der Waals surface area (Å²) in [5, 5.41) is 5.50. The Morgan fingerprint density at radius 3 is 2.84 bits per heavy atom. The molecular formula is C15H18BrNOS. The van der Waals surface area contributed by atoms with E-state index in [2.05, 4.69) is 44.8 Å². The number of hydrogen-bond acceptors (Lipinski definition) is 3. The van der Waals surface area contributed by atoms with Crippen molar-refractivity contribution in [1.82, 2.24) is 5.32 Å². The van der Waals surface area contributed by atoms with Crippen LogP contribution in [0.3, 0.4) is 0 Å². The highest BCUT2D eigenvalue weighted by atomic mass is 79.9. The Labute approximate surface area is 126 Å². The van der Waals surface area contributed by atoms with E-state index in [1.165, 1.54) is 14.9 Å². The van der Waals surface area contributed by atoms with E-state index in [0.717, 1.165) is 12.2 Å². The molecule has 0 saturated heterocycles. The Morgan fingerprint density at radius 1 is 1.37 bits per heavy atom. The number of ether oxygens (including phenoxy) is 1. The molecule has 0 aliphatic carbocycles. The average Bonchev–Trinajstić information content (AvgIpc) is 2.82. The van der Waals surface area contributed by atoms with Crippen LogP contribution >= 0.6 is 27.3 Å². The highest BCUT2D eigenvalue weighted by molar-refractivity contribution is 9.10. The monoisotopic (exact) mass is 339 g/mol. The van der Waals surface area contributed by atoms with Crippen molar-refractivity contribution in [2.75, 3.05) is 13.7 Å². The molecule has 19 heavy (non-hydrogen) atoms. The van der Waals surface area contributed by atoms with E-state index < -0.39 is 0 Å². The number of hydrogen-bond donors (Lipinski definition) is 1. The molecule has 1 aromatic heterocycles. The van der Waals surface area contributed by atoms with E-state index in [0.29, 0.717) is 12.6 Å². The van der Waals surface area contributed by atoms with Gasteiger partial charge in [-0.15, -0.1) is 11.3 Å². The first kappa shape index (κ1) is 14.6. The van der Waals surface area contributed by atoms with Gasteiger partial charge >= 0.3 is 0 Å². The predicted molar refractivity (Wildman–Crippen MR) is 85.1 cm³/mol. The minimum Gasteiger partial charge on any atom is -0.494 e. The van der Waals surface area contributed by atoms with Crippen LogP contribution < -0.4 is 10.1 Å². The first-order valence-corrected chi connectivity index (χ1v) is 8.03. The van der Waals surface area contributed by atoms with Crippen LogP contribution in [-0.4, -0.2) is 13.7 Å². The first-order valence-electron chi connectivity index (χ1n) is 6.36. The molecule has 1 aromatic carbocycles. The molecule has 2 nitrogen and oxygen atoms in total. The summed E-state index contributed by atoms with van der Waals surface area (Å²) in [7, 11) is 2.00. The van der Waals surface area contributed by atoms with Crippen molar-refractivity contribution in [1.29, 1.82) is 0 Å². The van der Waals surface area contributed by atoms with Crippen molar-refractivity contribution >= 4 is 27.3 Å². The summed E-state index contributed by atoms with van der Waals surface area (Å²) in [4.78, 5) is 1.36. The summed E-state index contributed by atoms with van der Waals surface area (Å²) in [6.07, 6.45) is 0.977. The van der Waals surface area contributed by atoms with Gasteiger partial charge in [0.1, 0.15) is 5.75 Å². The Balaban J connectivity index is 2.17. The van der Waals surface area contributed by atoms with Gasteiger partial charge in [-0.3, -0.25) is 0 Å². The largest absolute Gasteiger partial charge is 0.494 e. The van der Waals surface area contributed by atoms with E-state index in [-0.39, 0.29) is 0 Å². The van der Waals surface area contributed by atoms with Crippen molar-refractivity contribution in [3.05, 3.63) is 50.6 Å². The molecule has 1 heterocycles. The van der Waals surface area contributed by atoms with E-state index >= 15 is 0 Å². The summed E-state index contributed by atoms with van der Waals surface area (Å²) in [5.74, 6) is 0.936. The standard InChI is InChI=1S/C15H18BrNOS/c1-3-18-12-6-4-5-11(9-12)14(17-2)10-15-13(16)7-8-19-15/h4-9,14,17H,3,10H2,1-2H3. The van der Waals surface area contributed by atoms with Crippen molar-refractivity contribution < 1.29 is 4.74 Å². The molecule has 1 atom stereocenters. The van der Waals surface area contributed by atoms with Crippen LogP contribution in [0.25, 0.3) is 0 Å². The molecule has 1 N–H and O–H groups in total. The SMILES string of the molecule is CCOc1cccc(C(Cc2sccc2Br)NC)c1. The molecule has 0 bridgehead atoms. The van der Waals surface area contributed by atoms with Crippen LogP contribution in [0.5, 0.6) is 5.75 Å². The minimum absolute atomic E-state index is 0.301. The second-order valence-electron chi connectivity index (χ2n) is 4.24. The van der Waals surface area contributed by atoms with Crippen molar-refractivity contribution in [3.63, 3.8) is 0 Å². The quantitative estimate of drug-likeness (QED) is 0.841. The first-order chi connectivity index (χ1) is 9.24. The molecule has 2 rings (SSSR count). The maximum absolute atomic E-state index is 5.57. The molecule has 1 unspecified atom stereocenters. The van der Waals surface area contributed by atoms with Gasteiger partial charge in [-0.25, -0.2) is 0 Å². The van der Waals surface area contributed by atoms with Gasteiger partial charge in [0.25, 0.3) is 0 Å². The number of nitrogens with one attached hydrogen (secondary N) is 1. The van der Waals surface area contributed by atoms with Gasteiger partial charge in [0, 0.05) is 21.8 Å². The number of halogens is 1. The summed E-state index contributed by atoms with van der Waals surface area (Å²) in [5.41, 5.74) is 1.26. The third-order valence-electron chi connectivity index (χ3n) is 3.00. The molecular weight excluding hydrogens is 322 g/mol. The molecule has 2 aromatic rings. The van der Waals surface area contributed by atoms with Gasteiger partial charge in [0.2, 0.25) is 0 Å². The molecule has 4 heteroatoms. The molecule has 0 amide bonds. The fourth-order valence-corrected chi connectivity index (χ4v) is 3.59. The Morgan fingerprint density at radius 2 is 2.21 bits per heavy atom. The fraction of sp³-hybridized carbons (Fsp3) is 0.333. The van der Waals surface area contributed by atoms with Gasteiger partial charge in [-0.05, 0) is 59.0 Å². The summed E-state index contributed by atoms with van der Waals surface area (Å²) in [6, 6.07) is 10.7. The van der Waals surface area contributed by atoms with Crippen LogP contribution in [0.15, 0.2) is 40.2 Å². The number of rotatable bonds is 6. The van der Waals surface area contributed by atoms with Gasteiger partial charge < -0.3 is 10.1 Å². The van der Waals surface area contributed by atoms with E-state index in [4.69, 9.17) is 4.74 Å². The van der Waals surface area contributed by atoms with Gasteiger partial charge in [0.15, 0.2) is 0 Å². The average molecular weight is 340 g/mol. The van der Waals surface area contributed by atoms with Crippen LogP contribution in [0.4, 0.5) is 0 Å². The zero-order valence-corrected chi connectivity index (χ0v) is 13.6. The number of thiophene rings is 1. The van der Waals surface area contributed by atoms with Crippen molar-refractivity contribution in [3.8, 4) is 5.75 Å². The normalized spacial score (nSPS) is 12.4. The minimum atomic E-state index is 0.301. The van der Waals surface area contributed by atoms with E-state index in [1.54, 1.807) is 11.3 Å². The topological polar surface area (TPSA) is 21.3 Å². The van der Waals surface area contributed by atoms with Crippen LogP contribution in [-0.2, 0) is 6.42 Å². The Kier molecular flexibility index (Phi) is 5.43. The fourth-order valence-electron chi connectivity index (χ4n) is 2.03. The van der Waals surface area contributed by atoms with E-state index in [1.807, 2.05) is 26.1 Å². The Hall–Kier alpha value is -0.840. The maximum Gasteiger partial charge on any atom is 0.119 e. The Bertz CT molecular complexity index is 526. The third-order valence-corrected chi connectivity index (χ3v) is 4.95. The molecule has 0 aliphatic heterocycles. The molecule has 102 valence electrons. The summed E-state index contributed by atoms with van der Waals surface area (Å²) >= 11 is 5.38. The lowest BCUT2D eigenvalue weighted by atomic mass is 10.0. The predicted octanol–water partition coefficient (Wildman–Crippen LogP) is 4.41. The van der Waals surface area contributed by atoms with Crippen molar-refractivity contribution in [2.45, 2.75) is 19.4 Å². The van der Waals surface area contributed by atoms with Gasteiger partial charge in [-0.1, -0.05) is 12.1 Å². The third kappa shape index (κ3) is 3.81. The molecule has 0 spiro atoms. The lowest BCUT2D eigenvalue weighted by Crippen LogP contribution is -2.18. The van der Waals surface area contributed by atoms with Gasteiger partial charge in [-0.2, -0.15) is 0 Å². The second kappa shape index (κ2) is 7.08. The van der Waals surface area contributed by atoms with Gasteiger partial charge in [0.05, 0.1) is 6.61 Å². The zero-order chi connectivity index (χ0) is 13.7. The van der Waals surface area contributed by atoms with Crippen LogP contribution in [0.2, 0.25) is 0 Å². The van der Waals surface area contributed by atoms with Crippen LogP contribution in [0, 0.1) is 0 Å². The summed E-state index contributed by atoms with van der Waals surface area (Å²) < 4.78 is 6.76. The smallest absolute Gasteiger partial charge is 0.119 e. The molecule has 0 aliphatic rings. The van der Waals surface area contributed by atoms with Crippen molar-refractivity contribution in [2.24, 2.45) is 0 Å². The van der Waals surface area contributed by atoms with E-state index in [9.17, 15) is 0 Å². The highest BCUT2D eigenvalue weighted by Crippen LogP contribution is 2.29. The molecule has 0 fully saturated rings. The number of likely N-dealkylation sites (N-methyl/N-ethyl adjacent to an activating group) is 1. The number of benzene rings is 1. The summed E-state index contributed by atoms with van der Waals surface area (Å²) in [6.45, 7) is 2.70. The maximum atomic E-state index is 5.57. The van der Waals surface area contributed by atoms with Crippen LogP contribution in [0.1, 0.15) is 23.4 Å². The lowest BCUT2D eigenvalue weighted by Gasteiger charge is -2.17.